The largest absolute Gasteiger partial charge is 0.496 e. The zero-order chi connectivity index (χ0) is 15.4. The van der Waals surface area contributed by atoms with Crippen molar-refractivity contribution < 1.29 is 14.5 Å². The number of H-pyrrole nitrogens is 1. The minimum absolute atomic E-state index is 0.113. The van der Waals surface area contributed by atoms with Crippen molar-refractivity contribution in [2.45, 2.75) is 13.0 Å². The van der Waals surface area contributed by atoms with Gasteiger partial charge in [-0.2, -0.15) is 5.21 Å². The third-order valence-corrected chi connectivity index (χ3v) is 2.74. The first-order chi connectivity index (χ1) is 10.0. The van der Waals surface area contributed by atoms with Crippen LogP contribution in [0.3, 0.4) is 0 Å². The fourth-order valence-corrected chi connectivity index (χ4v) is 1.76. The molecular weight excluding hydrogens is 280 g/mol. The highest BCUT2D eigenvalue weighted by atomic mass is 16.6. The molecule has 0 bridgehead atoms. The molecule has 0 aliphatic rings. The van der Waals surface area contributed by atoms with Gasteiger partial charge < -0.3 is 10.1 Å². The number of rotatable bonds is 5. The fourth-order valence-electron chi connectivity index (χ4n) is 1.76. The Hall–Kier alpha value is -3.04. The van der Waals surface area contributed by atoms with Gasteiger partial charge in [-0.3, -0.25) is 14.9 Å². The maximum absolute atomic E-state index is 12.3. The number of hydrogen-bond acceptors (Lipinski definition) is 7. The van der Waals surface area contributed by atoms with E-state index < -0.39 is 16.9 Å². The predicted octanol–water partition coefficient (Wildman–Crippen LogP) is 0.607. The molecule has 0 saturated heterocycles. The number of methoxy groups -OCH3 is 1. The lowest BCUT2D eigenvalue weighted by atomic mass is 10.1. The SMILES string of the molecule is COc1cccc([N+](=O)[O-])c1C(=O)NC(C)c1nn[nH]n1. The second-order valence-corrected chi connectivity index (χ2v) is 4.08. The highest BCUT2D eigenvalue weighted by Crippen LogP contribution is 2.28. The number of tetrazole rings is 1. The molecule has 0 fully saturated rings. The number of nitro benzene ring substituents is 1. The van der Waals surface area contributed by atoms with Crippen molar-refractivity contribution >= 4 is 11.6 Å². The van der Waals surface area contributed by atoms with E-state index in [0.29, 0.717) is 0 Å². The lowest BCUT2D eigenvalue weighted by molar-refractivity contribution is -0.385. The molecule has 0 saturated carbocycles. The number of aromatic nitrogens is 4. The summed E-state index contributed by atoms with van der Waals surface area (Å²) in [5, 5.41) is 26.7. The molecule has 1 heterocycles. The summed E-state index contributed by atoms with van der Waals surface area (Å²) in [5.74, 6) is -0.278. The molecule has 0 aliphatic heterocycles. The van der Waals surface area contributed by atoms with Crippen LogP contribution in [-0.4, -0.2) is 38.6 Å². The molecule has 10 heteroatoms. The average Bonchev–Trinajstić information content (AvgIpc) is 3.00. The molecule has 1 aromatic heterocycles. The van der Waals surface area contributed by atoms with Crippen LogP contribution in [0.25, 0.3) is 0 Å². The van der Waals surface area contributed by atoms with Crippen LogP contribution in [-0.2, 0) is 0 Å². The van der Waals surface area contributed by atoms with Gasteiger partial charge in [0.25, 0.3) is 11.6 Å². The van der Waals surface area contributed by atoms with Gasteiger partial charge in [-0.1, -0.05) is 11.3 Å². The monoisotopic (exact) mass is 292 g/mol. The third-order valence-electron chi connectivity index (χ3n) is 2.74. The fraction of sp³-hybridized carbons (Fsp3) is 0.273. The van der Waals surface area contributed by atoms with Crippen LogP contribution in [0, 0.1) is 10.1 Å². The number of nitrogens with zero attached hydrogens (tertiary/aromatic N) is 4. The van der Waals surface area contributed by atoms with E-state index in [1.54, 1.807) is 6.92 Å². The Kier molecular flexibility index (Phi) is 4.07. The van der Waals surface area contributed by atoms with E-state index in [1.807, 2.05) is 0 Å². The molecule has 2 aromatic rings. The van der Waals surface area contributed by atoms with Crippen LogP contribution in [0.2, 0.25) is 0 Å². The molecule has 0 spiro atoms. The Labute approximate surface area is 118 Å². The molecule has 1 amide bonds. The molecule has 10 nitrogen and oxygen atoms in total. The summed E-state index contributed by atoms with van der Waals surface area (Å²) >= 11 is 0. The Bertz CT molecular complexity index is 657. The molecule has 0 radical (unpaired) electrons. The molecule has 1 aromatic carbocycles. The van der Waals surface area contributed by atoms with Gasteiger partial charge in [0, 0.05) is 6.07 Å². The van der Waals surface area contributed by atoms with Gasteiger partial charge in [-0.25, -0.2) is 0 Å². The summed E-state index contributed by atoms with van der Waals surface area (Å²) in [6.45, 7) is 1.63. The standard InChI is InChI=1S/C11H12N6O4/c1-6(10-13-15-16-14-10)12-11(18)9-7(17(19)20)4-3-5-8(9)21-2/h3-6H,1-2H3,(H,12,18)(H,13,14,15,16). The quantitative estimate of drug-likeness (QED) is 0.608. The van der Waals surface area contributed by atoms with Gasteiger partial charge in [-0.05, 0) is 13.0 Å². The minimum Gasteiger partial charge on any atom is -0.496 e. The second kappa shape index (κ2) is 5.94. The highest BCUT2D eigenvalue weighted by molar-refractivity contribution is 6.01. The molecule has 2 rings (SSSR count). The Morgan fingerprint density at radius 2 is 2.29 bits per heavy atom. The molecule has 1 unspecified atom stereocenters. The molecule has 0 aliphatic carbocycles. The maximum atomic E-state index is 12.3. The van der Waals surface area contributed by atoms with Crippen molar-refractivity contribution in [3.8, 4) is 5.75 Å². The van der Waals surface area contributed by atoms with Crippen LogP contribution in [0.15, 0.2) is 18.2 Å². The number of hydrogen-bond donors (Lipinski definition) is 2. The average molecular weight is 292 g/mol. The first-order valence-electron chi connectivity index (χ1n) is 5.90. The topological polar surface area (TPSA) is 136 Å². The van der Waals surface area contributed by atoms with E-state index >= 15 is 0 Å². The highest BCUT2D eigenvalue weighted by Gasteiger charge is 2.26. The van der Waals surface area contributed by atoms with E-state index in [0.717, 1.165) is 0 Å². The van der Waals surface area contributed by atoms with Gasteiger partial charge in [0.2, 0.25) is 0 Å². The van der Waals surface area contributed by atoms with Crippen molar-refractivity contribution in [3.05, 3.63) is 39.7 Å². The summed E-state index contributed by atoms with van der Waals surface area (Å²) in [4.78, 5) is 22.7. The van der Waals surface area contributed by atoms with Crippen LogP contribution in [0.4, 0.5) is 5.69 Å². The van der Waals surface area contributed by atoms with Crippen LogP contribution in [0.5, 0.6) is 5.75 Å². The Morgan fingerprint density at radius 3 is 2.86 bits per heavy atom. The second-order valence-electron chi connectivity index (χ2n) is 4.08. The number of amides is 1. The van der Waals surface area contributed by atoms with Crippen molar-refractivity contribution in [1.29, 1.82) is 0 Å². The van der Waals surface area contributed by atoms with Gasteiger partial charge in [0.1, 0.15) is 5.75 Å². The van der Waals surface area contributed by atoms with E-state index in [4.69, 9.17) is 4.74 Å². The Balaban J connectivity index is 2.32. The number of aromatic amines is 1. The smallest absolute Gasteiger partial charge is 0.285 e. The molecule has 1 atom stereocenters. The molecule has 21 heavy (non-hydrogen) atoms. The number of ether oxygens (including phenoxy) is 1. The number of nitro groups is 1. The Morgan fingerprint density at radius 1 is 1.52 bits per heavy atom. The zero-order valence-electron chi connectivity index (χ0n) is 11.2. The van der Waals surface area contributed by atoms with E-state index in [1.165, 1.54) is 25.3 Å². The zero-order valence-corrected chi connectivity index (χ0v) is 11.2. The van der Waals surface area contributed by atoms with Gasteiger partial charge in [0.05, 0.1) is 18.1 Å². The first kappa shape index (κ1) is 14.4. The summed E-state index contributed by atoms with van der Waals surface area (Å²) in [7, 11) is 1.33. The first-order valence-corrected chi connectivity index (χ1v) is 5.90. The molecular formula is C11H12N6O4. The summed E-state index contributed by atoms with van der Waals surface area (Å²) in [6, 6.07) is 3.58. The van der Waals surface area contributed by atoms with E-state index in [-0.39, 0.29) is 22.8 Å². The van der Waals surface area contributed by atoms with Crippen molar-refractivity contribution in [2.75, 3.05) is 7.11 Å². The normalized spacial score (nSPS) is 11.7. The van der Waals surface area contributed by atoms with Gasteiger partial charge in [0.15, 0.2) is 11.4 Å². The summed E-state index contributed by atoms with van der Waals surface area (Å²) in [5.41, 5.74) is -0.493. The van der Waals surface area contributed by atoms with Crippen LogP contribution in [0.1, 0.15) is 29.1 Å². The van der Waals surface area contributed by atoms with Crippen LogP contribution >= 0.6 is 0 Å². The maximum Gasteiger partial charge on any atom is 0.285 e. The lowest BCUT2D eigenvalue weighted by Gasteiger charge is -2.12. The van der Waals surface area contributed by atoms with Crippen LogP contribution < -0.4 is 10.1 Å². The lowest BCUT2D eigenvalue weighted by Crippen LogP contribution is -2.28. The number of benzene rings is 1. The summed E-state index contributed by atoms with van der Waals surface area (Å²) < 4.78 is 5.01. The van der Waals surface area contributed by atoms with E-state index in [2.05, 4.69) is 25.9 Å². The molecule has 110 valence electrons. The predicted molar refractivity (Wildman–Crippen MR) is 69.7 cm³/mol. The van der Waals surface area contributed by atoms with Crippen molar-refractivity contribution in [3.63, 3.8) is 0 Å². The number of carbonyl (C=O) groups is 1. The van der Waals surface area contributed by atoms with Crippen molar-refractivity contribution in [1.82, 2.24) is 25.9 Å². The number of nitrogens with one attached hydrogen (secondary N) is 2. The van der Waals surface area contributed by atoms with Gasteiger partial charge >= 0.3 is 0 Å². The molecule has 2 N–H and O–H groups in total. The third kappa shape index (κ3) is 2.94. The van der Waals surface area contributed by atoms with Crippen molar-refractivity contribution in [2.24, 2.45) is 0 Å². The minimum atomic E-state index is -0.656. The number of carbonyl (C=O) groups excluding carboxylic acids is 1. The van der Waals surface area contributed by atoms with E-state index in [9.17, 15) is 14.9 Å². The summed E-state index contributed by atoms with van der Waals surface area (Å²) in [6.07, 6.45) is 0. The van der Waals surface area contributed by atoms with Gasteiger partial charge in [-0.15, -0.1) is 10.2 Å².